The molecule has 2 aromatic heterocycles. The molecule has 0 spiro atoms. The highest BCUT2D eigenvalue weighted by Gasteiger charge is 2.51. The molecule has 264 valence electrons. The van der Waals surface area contributed by atoms with Crippen molar-refractivity contribution in [3.8, 4) is 22.7 Å². The molecule has 0 saturated carbocycles. The standard InChI is InChI=1S/C46H47BN4O2/c1-45(2)46(3,4)53-47(52-45)40-32-38(17-15-36-19-23-43(24-20-36)50-29-27-48(34-50)41-11-7-5-8-12-41)31-39(33-40)18-16-37-21-25-44(26-22-37)51-30-28-49(35-51)42-13-9-6-10-14-42/h5-14,19-35H,15-18H2,1-4H3/q+2. The minimum atomic E-state index is -0.391. The second kappa shape index (κ2) is 14.5. The lowest BCUT2D eigenvalue weighted by atomic mass is 9.76. The van der Waals surface area contributed by atoms with Crippen molar-refractivity contribution in [1.82, 2.24) is 9.13 Å². The van der Waals surface area contributed by atoms with Gasteiger partial charge in [0.15, 0.2) is 0 Å². The van der Waals surface area contributed by atoms with Crippen molar-refractivity contribution in [2.45, 2.75) is 64.6 Å². The quantitative estimate of drug-likeness (QED) is 0.103. The van der Waals surface area contributed by atoms with E-state index in [0.29, 0.717) is 0 Å². The average Bonchev–Trinajstić information content (AvgIpc) is 3.93. The lowest BCUT2D eigenvalue weighted by molar-refractivity contribution is -0.595. The number of hydrogen-bond acceptors (Lipinski definition) is 2. The van der Waals surface area contributed by atoms with Gasteiger partial charge in [-0.1, -0.05) is 78.9 Å². The summed E-state index contributed by atoms with van der Waals surface area (Å²) in [5.41, 5.74) is 10.1. The molecule has 0 unspecified atom stereocenters. The van der Waals surface area contributed by atoms with Gasteiger partial charge in [-0.25, -0.2) is 18.3 Å². The van der Waals surface area contributed by atoms with Crippen molar-refractivity contribution in [3.05, 3.63) is 187 Å². The average molecular weight is 699 g/mol. The van der Waals surface area contributed by atoms with Crippen molar-refractivity contribution >= 4 is 12.6 Å². The second-order valence-electron chi connectivity index (χ2n) is 15.1. The van der Waals surface area contributed by atoms with Crippen molar-refractivity contribution in [2.24, 2.45) is 0 Å². The molecule has 1 saturated heterocycles. The summed E-state index contributed by atoms with van der Waals surface area (Å²) in [5.74, 6) is 0. The van der Waals surface area contributed by atoms with Crippen molar-refractivity contribution in [2.75, 3.05) is 0 Å². The Morgan fingerprint density at radius 2 is 0.887 bits per heavy atom. The van der Waals surface area contributed by atoms with Gasteiger partial charge in [0, 0.05) is 0 Å². The molecule has 0 radical (unpaired) electrons. The smallest absolute Gasteiger partial charge is 0.399 e. The van der Waals surface area contributed by atoms with E-state index < -0.39 is 18.3 Å². The predicted octanol–water partition coefficient (Wildman–Crippen LogP) is 7.69. The summed E-state index contributed by atoms with van der Waals surface area (Å²) in [5, 5.41) is 0. The summed E-state index contributed by atoms with van der Waals surface area (Å²) in [6.07, 6.45) is 16.4. The molecule has 0 N–H and O–H groups in total. The number of nitrogens with zero attached hydrogens (tertiary/aromatic N) is 4. The number of hydrogen-bond donors (Lipinski definition) is 0. The molecule has 0 bridgehead atoms. The van der Waals surface area contributed by atoms with E-state index in [4.69, 9.17) is 9.31 Å². The minimum absolute atomic E-state index is 0.391. The van der Waals surface area contributed by atoms with Gasteiger partial charge in [0.25, 0.3) is 12.7 Å². The summed E-state index contributed by atoms with van der Waals surface area (Å²) in [6.45, 7) is 8.48. The van der Waals surface area contributed by atoms with Gasteiger partial charge in [-0.3, -0.25) is 0 Å². The Labute approximate surface area is 313 Å². The fraction of sp³-hybridized carbons (Fsp3) is 0.217. The molecule has 0 atom stereocenters. The van der Waals surface area contributed by atoms with Crippen LogP contribution in [0.1, 0.15) is 49.9 Å². The highest BCUT2D eigenvalue weighted by Crippen LogP contribution is 2.36. The van der Waals surface area contributed by atoms with Crippen molar-refractivity contribution in [1.29, 1.82) is 0 Å². The second-order valence-corrected chi connectivity index (χ2v) is 15.1. The molecular formula is C46H47BN4O2+2. The molecule has 7 heteroatoms. The molecule has 0 aliphatic carbocycles. The number of aryl methyl sites for hydroxylation is 4. The first-order valence-electron chi connectivity index (χ1n) is 18.7. The fourth-order valence-corrected chi connectivity index (χ4v) is 6.96. The highest BCUT2D eigenvalue weighted by molar-refractivity contribution is 6.62. The van der Waals surface area contributed by atoms with Crippen LogP contribution in [0, 0.1) is 0 Å². The maximum absolute atomic E-state index is 6.53. The molecule has 53 heavy (non-hydrogen) atoms. The largest absolute Gasteiger partial charge is 0.494 e. The Balaban J connectivity index is 0.963. The number of benzene rings is 5. The number of rotatable bonds is 11. The van der Waals surface area contributed by atoms with Crippen molar-refractivity contribution < 1.29 is 18.4 Å². The minimum Gasteiger partial charge on any atom is -0.399 e. The maximum atomic E-state index is 6.53. The molecule has 5 aromatic carbocycles. The van der Waals surface area contributed by atoms with Gasteiger partial charge in [0.05, 0.1) is 11.2 Å². The number of imidazole rings is 2. The summed E-state index contributed by atoms with van der Waals surface area (Å²) < 4.78 is 21.6. The Morgan fingerprint density at radius 1 is 0.491 bits per heavy atom. The van der Waals surface area contributed by atoms with Crippen LogP contribution in [0.2, 0.25) is 0 Å². The molecule has 6 nitrogen and oxygen atoms in total. The van der Waals surface area contributed by atoms with E-state index in [1.807, 2.05) is 12.1 Å². The van der Waals surface area contributed by atoms with Crippen LogP contribution in [-0.2, 0) is 35.0 Å². The predicted molar refractivity (Wildman–Crippen MR) is 212 cm³/mol. The zero-order valence-electron chi connectivity index (χ0n) is 31.1. The zero-order chi connectivity index (χ0) is 36.4. The normalized spacial score (nSPS) is 14.8. The number of aromatic nitrogens is 4. The van der Waals surface area contributed by atoms with E-state index in [2.05, 4.69) is 199 Å². The molecule has 7 aromatic rings. The monoisotopic (exact) mass is 698 g/mol. The molecule has 1 aliphatic rings. The first-order valence-corrected chi connectivity index (χ1v) is 18.7. The van der Waals surface area contributed by atoms with Gasteiger partial charge in [-0.05, 0) is 130 Å². The Morgan fingerprint density at radius 3 is 1.30 bits per heavy atom. The van der Waals surface area contributed by atoms with Crippen LogP contribution in [0.3, 0.4) is 0 Å². The Kier molecular flexibility index (Phi) is 9.46. The molecule has 8 rings (SSSR count). The van der Waals surface area contributed by atoms with Crippen LogP contribution >= 0.6 is 0 Å². The van der Waals surface area contributed by atoms with E-state index in [9.17, 15) is 0 Å². The van der Waals surface area contributed by atoms with Crippen molar-refractivity contribution in [3.63, 3.8) is 0 Å². The summed E-state index contributed by atoms with van der Waals surface area (Å²) in [7, 11) is -0.391. The molecule has 0 amide bonds. The maximum Gasteiger partial charge on any atom is 0.494 e. The Bertz CT molecular complexity index is 2130. The molecule has 1 fully saturated rings. The highest BCUT2D eigenvalue weighted by atomic mass is 16.7. The van der Waals surface area contributed by atoms with Gasteiger partial charge in [0.1, 0.15) is 47.5 Å². The van der Waals surface area contributed by atoms with Crippen LogP contribution in [0.25, 0.3) is 22.7 Å². The van der Waals surface area contributed by atoms with E-state index >= 15 is 0 Å². The Hall–Kier alpha value is -5.50. The van der Waals surface area contributed by atoms with Crippen LogP contribution in [0.5, 0.6) is 0 Å². The topological polar surface area (TPSA) is 36.1 Å². The van der Waals surface area contributed by atoms with Gasteiger partial charge in [-0.15, -0.1) is 0 Å². The summed E-state index contributed by atoms with van der Waals surface area (Å²) in [6, 6.07) is 45.6. The van der Waals surface area contributed by atoms with Crippen LogP contribution in [0.4, 0.5) is 0 Å². The van der Waals surface area contributed by atoms with Gasteiger partial charge >= 0.3 is 7.12 Å². The van der Waals surface area contributed by atoms with E-state index in [0.717, 1.165) is 53.9 Å². The summed E-state index contributed by atoms with van der Waals surface area (Å²) >= 11 is 0. The molecule has 1 aliphatic heterocycles. The first kappa shape index (κ1) is 34.6. The summed E-state index contributed by atoms with van der Waals surface area (Å²) in [4.78, 5) is 0. The fourth-order valence-electron chi connectivity index (χ4n) is 6.96. The number of para-hydroxylation sites is 2. The molecular weight excluding hydrogens is 651 g/mol. The van der Waals surface area contributed by atoms with Crippen LogP contribution < -0.4 is 14.6 Å². The zero-order valence-corrected chi connectivity index (χ0v) is 31.1. The van der Waals surface area contributed by atoms with Gasteiger partial charge < -0.3 is 9.31 Å². The van der Waals surface area contributed by atoms with Crippen LogP contribution in [0.15, 0.2) is 165 Å². The van der Waals surface area contributed by atoms with E-state index in [-0.39, 0.29) is 0 Å². The lowest BCUT2D eigenvalue weighted by Gasteiger charge is -2.32. The first-order chi connectivity index (χ1) is 25.7. The van der Waals surface area contributed by atoms with Gasteiger partial charge in [0.2, 0.25) is 0 Å². The third-order valence-electron chi connectivity index (χ3n) is 10.9. The third-order valence-corrected chi connectivity index (χ3v) is 10.9. The van der Waals surface area contributed by atoms with Crippen LogP contribution in [-0.4, -0.2) is 27.5 Å². The van der Waals surface area contributed by atoms with E-state index in [1.54, 1.807) is 0 Å². The van der Waals surface area contributed by atoms with Gasteiger partial charge in [-0.2, -0.15) is 0 Å². The SMILES string of the molecule is CC1(C)OB(c2cc(CCc3ccc(-[n+]4ccn(-c5ccccc5)c4)cc3)cc(CCc3ccc(-[n+]4ccn(-c5ccccc5)c4)cc3)c2)OC1(C)C. The third kappa shape index (κ3) is 7.68. The lowest BCUT2D eigenvalue weighted by Crippen LogP contribution is -2.41. The molecule has 3 heterocycles. The van der Waals surface area contributed by atoms with E-state index in [1.165, 1.54) is 22.3 Å².